The zero-order valence-corrected chi connectivity index (χ0v) is 11.1. The second-order valence-electron chi connectivity index (χ2n) is 5.18. The van der Waals surface area contributed by atoms with Crippen LogP contribution in [0, 0.1) is 0 Å². The average molecular weight is 294 g/mol. The van der Waals surface area contributed by atoms with Gasteiger partial charge in [-0.25, -0.2) is 0 Å². The minimum atomic E-state index is -4.52. The van der Waals surface area contributed by atoms with Crippen molar-refractivity contribution in [2.45, 2.75) is 31.4 Å². The maximum Gasteiger partial charge on any atom is 0.416 e. The molecule has 6 heteroatoms. The second-order valence-corrected chi connectivity index (χ2v) is 5.18. The van der Waals surface area contributed by atoms with Gasteiger partial charge in [-0.05, 0) is 37.0 Å². The van der Waals surface area contributed by atoms with Crippen LogP contribution in [0.5, 0.6) is 0 Å². The number of hydrogen-bond acceptors (Lipinski definition) is 2. The van der Waals surface area contributed by atoms with Crippen LogP contribution < -0.4 is 5.56 Å². The molecule has 2 aromatic rings. The molecule has 3 rings (SSSR count). The van der Waals surface area contributed by atoms with E-state index in [0.717, 1.165) is 30.2 Å². The van der Waals surface area contributed by atoms with Crippen LogP contribution in [0.15, 0.2) is 35.3 Å². The molecule has 2 heterocycles. The number of nitrogens with zero attached hydrogens (tertiary/aromatic N) is 1. The summed E-state index contributed by atoms with van der Waals surface area (Å²) in [7, 11) is 0. The van der Waals surface area contributed by atoms with Crippen molar-refractivity contribution in [2.75, 3.05) is 0 Å². The molecule has 0 radical (unpaired) electrons. The normalized spacial score (nSPS) is 18.3. The number of halogens is 3. The SMILES string of the molecule is O=c1cc(C(F)(F)F)cc(C2CCCc3cccnc32)[nH]1. The Kier molecular flexibility index (Phi) is 3.31. The molecule has 3 nitrogen and oxygen atoms in total. The van der Waals surface area contributed by atoms with Crippen LogP contribution in [-0.2, 0) is 12.6 Å². The highest BCUT2D eigenvalue weighted by Crippen LogP contribution is 2.36. The Morgan fingerprint density at radius 1 is 1.29 bits per heavy atom. The molecule has 0 spiro atoms. The Labute approximate surface area is 118 Å². The lowest BCUT2D eigenvalue weighted by molar-refractivity contribution is -0.137. The fourth-order valence-electron chi connectivity index (χ4n) is 2.83. The van der Waals surface area contributed by atoms with Crippen LogP contribution in [0.3, 0.4) is 0 Å². The molecule has 0 fully saturated rings. The zero-order valence-electron chi connectivity index (χ0n) is 11.1. The Morgan fingerprint density at radius 2 is 2.10 bits per heavy atom. The summed E-state index contributed by atoms with van der Waals surface area (Å²) >= 11 is 0. The molecule has 0 saturated carbocycles. The van der Waals surface area contributed by atoms with Crippen molar-refractivity contribution in [3.63, 3.8) is 0 Å². The van der Waals surface area contributed by atoms with Gasteiger partial charge in [-0.15, -0.1) is 0 Å². The average Bonchev–Trinajstić information content (AvgIpc) is 2.45. The summed E-state index contributed by atoms with van der Waals surface area (Å²) in [5.74, 6) is -0.287. The molecule has 0 aliphatic heterocycles. The van der Waals surface area contributed by atoms with Gasteiger partial charge in [-0.3, -0.25) is 9.78 Å². The highest BCUT2D eigenvalue weighted by atomic mass is 19.4. The fraction of sp³-hybridized carbons (Fsp3) is 0.333. The van der Waals surface area contributed by atoms with E-state index in [0.29, 0.717) is 12.5 Å². The van der Waals surface area contributed by atoms with Crippen LogP contribution in [-0.4, -0.2) is 9.97 Å². The number of nitrogens with one attached hydrogen (secondary N) is 1. The van der Waals surface area contributed by atoms with Gasteiger partial charge in [-0.2, -0.15) is 13.2 Å². The van der Waals surface area contributed by atoms with Crippen LogP contribution in [0.1, 0.15) is 41.3 Å². The third kappa shape index (κ3) is 2.70. The number of H-pyrrole nitrogens is 1. The molecule has 0 amide bonds. The minimum absolute atomic E-state index is 0.287. The van der Waals surface area contributed by atoms with Gasteiger partial charge in [0.2, 0.25) is 5.56 Å². The maximum absolute atomic E-state index is 12.8. The van der Waals surface area contributed by atoms with Gasteiger partial charge < -0.3 is 4.98 Å². The monoisotopic (exact) mass is 294 g/mol. The first kappa shape index (κ1) is 13.9. The van der Waals surface area contributed by atoms with Crippen LogP contribution in [0.4, 0.5) is 13.2 Å². The number of aromatic nitrogens is 2. The van der Waals surface area contributed by atoms with E-state index in [1.165, 1.54) is 0 Å². The van der Waals surface area contributed by atoms with E-state index in [-0.39, 0.29) is 11.6 Å². The summed E-state index contributed by atoms with van der Waals surface area (Å²) in [5, 5.41) is 0. The number of rotatable bonds is 1. The lowest BCUT2D eigenvalue weighted by atomic mass is 9.84. The zero-order chi connectivity index (χ0) is 15.0. The fourth-order valence-corrected chi connectivity index (χ4v) is 2.83. The van der Waals surface area contributed by atoms with Crippen molar-refractivity contribution < 1.29 is 13.2 Å². The number of aryl methyl sites for hydroxylation is 1. The third-order valence-electron chi connectivity index (χ3n) is 3.76. The van der Waals surface area contributed by atoms with E-state index in [1.807, 2.05) is 12.1 Å². The molecular weight excluding hydrogens is 281 g/mol. The van der Waals surface area contributed by atoms with Crippen LogP contribution in [0.2, 0.25) is 0 Å². The molecular formula is C15H13F3N2O. The summed E-state index contributed by atoms with van der Waals surface area (Å²) in [5.41, 5.74) is 0.437. The van der Waals surface area contributed by atoms with Gasteiger partial charge >= 0.3 is 6.18 Å². The summed E-state index contributed by atoms with van der Waals surface area (Å²) < 4.78 is 38.5. The lowest BCUT2D eigenvalue weighted by Gasteiger charge is -2.24. The summed E-state index contributed by atoms with van der Waals surface area (Å²) in [6, 6.07) is 5.36. The molecule has 1 unspecified atom stereocenters. The van der Waals surface area contributed by atoms with Crippen molar-refractivity contribution in [2.24, 2.45) is 0 Å². The van der Waals surface area contributed by atoms with Crippen molar-refractivity contribution in [1.82, 2.24) is 9.97 Å². The predicted molar refractivity (Wildman–Crippen MR) is 71.1 cm³/mol. The van der Waals surface area contributed by atoms with Gasteiger partial charge in [0.15, 0.2) is 0 Å². The largest absolute Gasteiger partial charge is 0.416 e. The van der Waals surface area contributed by atoms with E-state index in [9.17, 15) is 18.0 Å². The molecule has 0 aromatic carbocycles. The van der Waals surface area contributed by atoms with E-state index < -0.39 is 17.3 Å². The highest BCUT2D eigenvalue weighted by molar-refractivity contribution is 5.34. The first-order valence-electron chi connectivity index (χ1n) is 6.70. The van der Waals surface area contributed by atoms with E-state index >= 15 is 0 Å². The molecule has 0 saturated heterocycles. The quantitative estimate of drug-likeness (QED) is 0.877. The minimum Gasteiger partial charge on any atom is -0.326 e. The topological polar surface area (TPSA) is 45.8 Å². The number of aromatic amines is 1. The third-order valence-corrected chi connectivity index (χ3v) is 3.76. The Bertz CT molecular complexity index is 721. The standard InChI is InChI=1S/C15H13F3N2O/c16-15(17,18)10-7-12(20-13(21)8-10)11-5-1-3-9-4-2-6-19-14(9)11/h2,4,6-8,11H,1,3,5H2,(H,20,21). The predicted octanol–water partition coefficient (Wildman–Crippen LogP) is 3.26. The number of hydrogen-bond donors (Lipinski definition) is 1. The van der Waals surface area contributed by atoms with Gasteiger partial charge in [-0.1, -0.05) is 6.07 Å². The Morgan fingerprint density at radius 3 is 2.86 bits per heavy atom. The van der Waals surface area contributed by atoms with E-state index in [1.54, 1.807) is 6.20 Å². The molecule has 1 N–H and O–H groups in total. The number of pyridine rings is 2. The van der Waals surface area contributed by atoms with Gasteiger partial charge in [0, 0.05) is 23.9 Å². The first-order chi connectivity index (χ1) is 9.95. The van der Waals surface area contributed by atoms with Crippen molar-refractivity contribution in [3.05, 3.63) is 63.3 Å². The molecule has 1 aliphatic rings. The Hall–Kier alpha value is -2.11. The summed E-state index contributed by atoms with van der Waals surface area (Å²) in [6.45, 7) is 0. The maximum atomic E-state index is 12.8. The molecule has 1 atom stereocenters. The molecule has 0 bridgehead atoms. The summed E-state index contributed by atoms with van der Waals surface area (Å²) in [6.07, 6.45) is -0.487. The molecule has 21 heavy (non-hydrogen) atoms. The van der Waals surface area contributed by atoms with Crippen LogP contribution >= 0.6 is 0 Å². The van der Waals surface area contributed by atoms with Crippen molar-refractivity contribution >= 4 is 0 Å². The first-order valence-corrected chi connectivity index (χ1v) is 6.70. The molecule has 2 aromatic heterocycles. The van der Waals surface area contributed by atoms with Gasteiger partial charge in [0.05, 0.1) is 11.3 Å². The van der Waals surface area contributed by atoms with Crippen molar-refractivity contribution in [3.8, 4) is 0 Å². The van der Waals surface area contributed by atoms with Crippen LogP contribution in [0.25, 0.3) is 0 Å². The highest BCUT2D eigenvalue weighted by Gasteiger charge is 2.33. The molecule has 1 aliphatic carbocycles. The second kappa shape index (κ2) is 5.02. The van der Waals surface area contributed by atoms with Crippen molar-refractivity contribution in [1.29, 1.82) is 0 Å². The number of alkyl halides is 3. The Balaban J connectivity index is 2.10. The van der Waals surface area contributed by atoms with Gasteiger partial charge in [0.1, 0.15) is 0 Å². The lowest BCUT2D eigenvalue weighted by Crippen LogP contribution is -2.20. The van der Waals surface area contributed by atoms with E-state index in [2.05, 4.69) is 9.97 Å². The molecule has 110 valence electrons. The number of fused-ring (bicyclic) bond motifs is 1. The van der Waals surface area contributed by atoms with E-state index in [4.69, 9.17) is 0 Å². The smallest absolute Gasteiger partial charge is 0.326 e. The van der Waals surface area contributed by atoms with Gasteiger partial charge in [0.25, 0.3) is 0 Å². The summed E-state index contributed by atoms with van der Waals surface area (Å²) in [4.78, 5) is 18.4.